The van der Waals surface area contributed by atoms with Gasteiger partial charge in [-0.1, -0.05) is 30.3 Å². The third kappa shape index (κ3) is 3.85. The Kier molecular flexibility index (Phi) is 4.55. The van der Waals surface area contributed by atoms with Crippen LogP contribution in [0.4, 0.5) is 0 Å². The molecule has 0 spiro atoms. The van der Waals surface area contributed by atoms with Gasteiger partial charge < -0.3 is 5.11 Å². The number of nitrogens with one attached hydrogen (secondary N) is 1. The molecule has 0 aliphatic carbocycles. The molecule has 6 nitrogen and oxygen atoms in total. The van der Waals surface area contributed by atoms with Crippen molar-refractivity contribution in [2.24, 2.45) is 0 Å². The van der Waals surface area contributed by atoms with Crippen LogP contribution in [-0.4, -0.2) is 37.3 Å². The van der Waals surface area contributed by atoms with E-state index in [1.165, 1.54) is 10.6 Å². The molecule has 2 aromatic heterocycles. The second-order valence-electron chi connectivity index (χ2n) is 5.75. The number of H-pyrrole nitrogens is 1. The highest BCUT2D eigenvalue weighted by Crippen LogP contribution is 2.09. The van der Waals surface area contributed by atoms with Gasteiger partial charge in [0.25, 0.3) is 5.56 Å². The third-order valence-corrected chi connectivity index (χ3v) is 3.59. The molecule has 1 unspecified atom stereocenters. The van der Waals surface area contributed by atoms with E-state index in [1.54, 1.807) is 19.2 Å². The van der Waals surface area contributed by atoms with Gasteiger partial charge >= 0.3 is 0 Å². The Balaban J connectivity index is 1.82. The quantitative estimate of drug-likeness (QED) is 0.722. The van der Waals surface area contributed by atoms with Gasteiger partial charge in [-0.15, -0.1) is 0 Å². The highest BCUT2D eigenvalue weighted by Gasteiger charge is 2.12. The van der Waals surface area contributed by atoms with Crippen LogP contribution in [0.15, 0.2) is 53.5 Å². The van der Waals surface area contributed by atoms with E-state index in [-0.39, 0.29) is 5.56 Å². The lowest BCUT2D eigenvalue weighted by Gasteiger charge is -2.23. The first-order chi connectivity index (χ1) is 11.1. The molecular weight excluding hydrogens is 292 g/mol. The van der Waals surface area contributed by atoms with Gasteiger partial charge in [0.2, 0.25) is 0 Å². The van der Waals surface area contributed by atoms with Crippen LogP contribution in [0.3, 0.4) is 0 Å². The fourth-order valence-electron chi connectivity index (χ4n) is 2.69. The Bertz CT molecular complexity index is 823. The highest BCUT2D eigenvalue weighted by atomic mass is 16.3. The van der Waals surface area contributed by atoms with Crippen molar-refractivity contribution in [3.05, 3.63) is 70.3 Å². The molecule has 0 bridgehead atoms. The zero-order chi connectivity index (χ0) is 16.2. The summed E-state index contributed by atoms with van der Waals surface area (Å²) < 4.78 is 1.40. The molecule has 6 heteroatoms. The van der Waals surface area contributed by atoms with E-state index < -0.39 is 6.10 Å². The summed E-state index contributed by atoms with van der Waals surface area (Å²) in [5.41, 5.74) is 2.33. The van der Waals surface area contributed by atoms with Crippen LogP contribution >= 0.6 is 0 Å². The van der Waals surface area contributed by atoms with E-state index in [1.807, 2.05) is 30.3 Å². The normalized spacial score (nSPS) is 12.8. The first-order valence-electron chi connectivity index (χ1n) is 7.62. The first kappa shape index (κ1) is 15.5. The number of aliphatic hydroxyl groups excluding tert-OH is 1. The highest BCUT2D eigenvalue weighted by molar-refractivity contribution is 5.36. The number of fused-ring (bicyclic) bond motifs is 1. The van der Waals surface area contributed by atoms with Crippen LogP contribution in [0.1, 0.15) is 18.2 Å². The molecule has 3 aromatic rings. The molecule has 23 heavy (non-hydrogen) atoms. The van der Waals surface area contributed by atoms with Gasteiger partial charge in [0, 0.05) is 38.0 Å². The Morgan fingerprint density at radius 2 is 2.04 bits per heavy atom. The number of aliphatic hydroxyl groups is 1. The largest absolute Gasteiger partial charge is 0.392 e. The molecule has 3 rings (SSSR count). The lowest BCUT2D eigenvalue weighted by Crippen LogP contribution is -2.31. The van der Waals surface area contributed by atoms with Crippen molar-refractivity contribution in [1.82, 2.24) is 19.5 Å². The molecule has 120 valence electrons. The Hall–Kier alpha value is -2.44. The Labute approximate surface area is 134 Å². The van der Waals surface area contributed by atoms with Crippen molar-refractivity contribution in [1.29, 1.82) is 0 Å². The Morgan fingerprint density at radius 3 is 2.78 bits per heavy atom. The SMILES string of the molecule is CC(O)CN(Cc1ccccc1)Cc1cc(=O)n2[nH]ccc2n1. The summed E-state index contributed by atoms with van der Waals surface area (Å²) in [6, 6.07) is 13.4. The number of aromatic amines is 1. The third-order valence-electron chi connectivity index (χ3n) is 3.59. The smallest absolute Gasteiger partial charge is 0.272 e. The molecule has 0 aliphatic heterocycles. The topological polar surface area (TPSA) is 73.6 Å². The molecule has 2 N–H and O–H groups in total. The summed E-state index contributed by atoms with van der Waals surface area (Å²) >= 11 is 0. The summed E-state index contributed by atoms with van der Waals surface area (Å²) in [4.78, 5) is 18.6. The lowest BCUT2D eigenvalue weighted by atomic mass is 10.2. The van der Waals surface area contributed by atoms with Gasteiger partial charge in [0.05, 0.1) is 11.8 Å². The van der Waals surface area contributed by atoms with E-state index in [9.17, 15) is 9.90 Å². The average Bonchev–Trinajstić information content (AvgIpc) is 2.96. The number of nitrogens with zero attached hydrogens (tertiary/aromatic N) is 3. The van der Waals surface area contributed by atoms with E-state index in [4.69, 9.17) is 0 Å². The van der Waals surface area contributed by atoms with Gasteiger partial charge in [-0.25, -0.2) is 9.50 Å². The summed E-state index contributed by atoms with van der Waals surface area (Å²) in [5, 5.41) is 12.6. The summed E-state index contributed by atoms with van der Waals surface area (Å²) in [7, 11) is 0. The number of hydrogen-bond acceptors (Lipinski definition) is 4. The zero-order valence-electron chi connectivity index (χ0n) is 13.0. The molecular formula is C17H20N4O2. The number of aromatic nitrogens is 3. The predicted octanol–water partition coefficient (Wildman–Crippen LogP) is 1.41. The van der Waals surface area contributed by atoms with Gasteiger partial charge in [0.1, 0.15) is 0 Å². The van der Waals surface area contributed by atoms with Gasteiger partial charge in [-0.05, 0) is 12.5 Å². The van der Waals surface area contributed by atoms with E-state index in [0.29, 0.717) is 31.0 Å². The van der Waals surface area contributed by atoms with Crippen molar-refractivity contribution in [2.45, 2.75) is 26.1 Å². The van der Waals surface area contributed by atoms with E-state index in [2.05, 4.69) is 15.0 Å². The number of benzene rings is 1. The standard InChI is InChI=1S/C17H20N4O2/c1-13(22)10-20(11-14-5-3-2-4-6-14)12-15-9-17(23)21-16(19-15)7-8-18-21/h2-9,13,18,22H,10-12H2,1H3. The fraction of sp³-hybridized carbons (Fsp3) is 0.294. The maximum atomic E-state index is 12.0. The molecule has 0 aliphatic rings. The molecule has 2 heterocycles. The van der Waals surface area contributed by atoms with Crippen LogP contribution < -0.4 is 5.56 Å². The first-order valence-corrected chi connectivity index (χ1v) is 7.62. The van der Waals surface area contributed by atoms with Crippen molar-refractivity contribution in [2.75, 3.05) is 6.54 Å². The maximum absolute atomic E-state index is 12.0. The average molecular weight is 312 g/mol. The number of rotatable bonds is 6. The van der Waals surface area contributed by atoms with Crippen molar-refractivity contribution < 1.29 is 5.11 Å². The van der Waals surface area contributed by atoms with Crippen LogP contribution in [0, 0.1) is 0 Å². The molecule has 1 atom stereocenters. The van der Waals surface area contributed by atoms with Crippen LogP contribution in [0.2, 0.25) is 0 Å². The predicted molar refractivity (Wildman–Crippen MR) is 88.0 cm³/mol. The second-order valence-corrected chi connectivity index (χ2v) is 5.75. The molecule has 0 fully saturated rings. The minimum atomic E-state index is -0.448. The van der Waals surface area contributed by atoms with Crippen molar-refractivity contribution in [3.8, 4) is 0 Å². The van der Waals surface area contributed by atoms with Gasteiger partial charge in [-0.3, -0.25) is 14.8 Å². The molecule has 0 radical (unpaired) electrons. The fourth-order valence-corrected chi connectivity index (χ4v) is 2.69. The molecule has 0 saturated heterocycles. The minimum absolute atomic E-state index is 0.133. The monoisotopic (exact) mass is 312 g/mol. The zero-order valence-corrected chi connectivity index (χ0v) is 13.0. The van der Waals surface area contributed by atoms with Gasteiger partial charge in [0.15, 0.2) is 5.65 Å². The molecule has 0 saturated carbocycles. The molecule has 0 amide bonds. The number of hydrogen-bond donors (Lipinski definition) is 2. The molecule has 1 aromatic carbocycles. The summed E-state index contributed by atoms with van der Waals surface area (Å²) in [6.07, 6.45) is 1.24. The minimum Gasteiger partial charge on any atom is -0.392 e. The van der Waals surface area contributed by atoms with Crippen LogP contribution in [-0.2, 0) is 13.1 Å². The maximum Gasteiger partial charge on any atom is 0.272 e. The Morgan fingerprint density at radius 1 is 1.26 bits per heavy atom. The van der Waals surface area contributed by atoms with Crippen LogP contribution in [0.5, 0.6) is 0 Å². The summed E-state index contributed by atoms with van der Waals surface area (Å²) in [5.74, 6) is 0. The van der Waals surface area contributed by atoms with Crippen LogP contribution in [0.25, 0.3) is 5.65 Å². The second kappa shape index (κ2) is 6.76. The lowest BCUT2D eigenvalue weighted by molar-refractivity contribution is 0.117. The van der Waals surface area contributed by atoms with E-state index >= 15 is 0 Å². The van der Waals surface area contributed by atoms with E-state index in [0.717, 1.165) is 5.56 Å². The summed E-state index contributed by atoms with van der Waals surface area (Å²) in [6.45, 7) is 3.48. The van der Waals surface area contributed by atoms with Gasteiger partial charge in [-0.2, -0.15) is 0 Å². The van der Waals surface area contributed by atoms with Crippen molar-refractivity contribution in [3.63, 3.8) is 0 Å². The van der Waals surface area contributed by atoms with Crippen molar-refractivity contribution >= 4 is 5.65 Å².